The number of likely N-dealkylation sites (N-methyl/N-ethyl adjacent to an activating group) is 1. The molecule has 1 aliphatic heterocycles. The van der Waals surface area contributed by atoms with Crippen LogP contribution >= 0.6 is 0 Å². The van der Waals surface area contributed by atoms with E-state index in [4.69, 9.17) is 0 Å². The lowest BCUT2D eigenvalue weighted by molar-refractivity contribution is -0.139. The molecule has 0 spiro atoms. The number of nitrogens with zero attached hydrogens (tertiary/aromatic N) is 2. The Balaban J connectivity index is 2.49. The number of hydrogen-bond donors (Lipinski definition) is 1. The maximum absolute atomic E-state index is 12.0. The van der Waals surface area contributed by atoms with Crippen LogP contribution in [-0.4, -0.2) is 61.4 Å². The Morgan fingerprint density at radius 2 is 2.18 bits per heavy atom. The van der Waals surface area contributed by atoms with Gasteiger partial charge in [-0.25, -0.2) is 0 Å². The highest BCUT2D eigenvalue weighted by Crippen LogP contribution is 2.18. The van der Waals surface area contributed by atoms with Gasteiger partial charge in [0, 0.05) is 6.54 Å². The van der Waals surface area contributed by atoms with Crippen molar-refractivity contribution in [3.05, 3.63) is 0 Å². The first-order valence-electron chi connectivity index (χ1n) is 6.30. The first-order chi connectivity index (χ1) is 8.11. The molecule has 1 aliphatic rings. The van der Waals surface area contributed by atoms with Crippen LogP contribution < -0.4 is 5.32 Å². The molecule has 98 valence electrons. The van der Waals surface area contributed by atoms with E-state index in [-0.39, 0.29) is 17.9 Å². The molecule has 2 amide bonds. The average molecular weight is 241 g/mol. The fourth-order valence-corrected chi connectivity index (χ4v) is 2.13. The summed E-state index contributed by atoms with van der Waals surface area (Å²) in [6.07, 6.45) is 2.15. The highest BCUT2D eigenvalue weighted by atomic mass is 16.2. The fraction of sp³-hybridized carbons (Fsp3) is 0.833. The molecule has 1 unspecified atom stereocenters. The molecule has 0 aromatic heterocycles. The Morgan fingerprint density at radius 1 is 1.47 bits per heavy atom. The molecule has 1 fully saturated rings. The van der Waals surface area contributed by atoms with E-state index in [0.717, 1.165) is 25.9 Å². The third kappa shape index (κ3) is 3.51. The molecule has 1 N–H and O–H groups in total. The van der Waals surface area contributed by atoms with Crippen LogP contribution in [0.1, 0.15) is 26.2 Å². The van der Waals surface area contributed by atoms with E-state index in [9.17, 15) is 9.59 Å². The molecular formula is C12H23N3O2. The largest absolute Gasteiger partial charge is 0.320 e. The summed E-state index contributed by atoms with van der Waals surface area (Å²) in [5.41, 5.74) is 0. The molecule has 0 aliphatic carbocycles. The summed E-state index contributed by atoms with van der Waals surface area (Å²) in [6, 6.07) is -0.245. The molecule has 0 aromatic carbocycles. The average Bonchev–Trinajstić information content (AvgIpc) is 2.58. The van der Waals surface area contributed by atoms with Crippen LogP contribution in [0.25, 0.3) is 0 Å². The van der Waals surface area contributed by atoms with Gasteiger partial charge in [0.25, 0.3) is 0 Å². The number of likely N-dealkylation sites (tertiary alicyclic amines) is 1. The highest BCUT2D eigenvalue weighted by Gasteiger charge is 2.39. The lowest BCUT2D eigenvalue weighted by Gasteiger charge is -2.22. The predicted octanol–water partition coefficient (Wildman–Crippen LogP) is 0.0652. The van der Waals surface area contributed by atoms with E-state index >= 15 is 0 Å². The Labute approximate surface area is 103 Å². The van der Waals surface area contributed by atoms with Crippen LogP contribution in [0.15, 0.2) is 0 Å². The molecule has 0 saturated carbocycles. The Morgan fingerprint density at radius 3 is 2.76 bits per heavy atom. The molecule has 5 heteroatoms. The van der Waals surface area contributed by atoms with Crippen LogP contribution in [0.4, 0.5) is 0 Å². The van der Waals surface area contributed by atoms with Gasteiger partial charge < -0.3 is 5.32 Å². The predicted molar refractivity (Wildman–Crippen MR) is 66.6 cm³/mol. The van der Waals surface area contributed by atoms with Gasteiger partial charge in [-0.3, -0.25) is 19.4 Å². The van der Waals surface area contributed by atoms with E-state index in [1.165, 1.54) is 4.90 Å². The maximum Gasteiger partial charge on any atom is 0.247 e. The van der Waals surface area contributed by atoms with Gasteiger partial charge in [0.05, 0.1) is 12.5 Å². The van der Waals surface area contributed by atoms with Crippen LogP contribution in [0.2, 0.25) is 0 Å². The zero-order valence-electron chi connectivity index (χ0n) is 11.0. The molecule has 1 saturated heterocycles. The number of imide groups is 1. The first kappa shape index (κ1) is 14.1. The highest BCUT2D eigenvalue weighted by molar-refractivity contribution is 6.05. The number of carbonyl (C=O) groups excluding carboxylic acids is 2. The van der Waals surface area contributed by atoms with Crippen molar-refractivity contribution in [1.82, 2.24) is 15.1 Å². The summed E-state index contributed by atoms with van der Waals surface area (Å²) in [5.74, 6) is -0.0499. The summed E-state index contributed by atoms with van der Waals surface area (Å²) < 4.78 is 0. The summed E-state index contributed by atoms with van der Waals surface area (Å²) in [6.45, 7) is 4.30. The fourth-order valence-electron chi connectivity index (χ4n) is 2.13. The summed E-state index contributed by atoms with van der Waals surface area (Å²) >= 11 is 0. The lowest BCUT2D eigenvalue weighted by Crippen LogP contribution is -2.41. The third-order valence-electron chi connectivity index (χ3n) is 3.14. The quantitative estimate of drug-likeness (QED) is 0.506. The summed E-state index contributed by atoms with van der Waals surface area (Å²) in [5, 5.41) is 3.07. The van der Waals surface area contributed by atoms with E-state index in [1.54, 1.807) is 0 Å². The number of hydrogen-bond acceptors (Lipinski definition) is 4. The van der Waals surface area contributed by atoms with Crippen molar-refractivity contribution >= 4 is 11.8 Å². The van der Waals surface area contributed by atoms with Crippen molar-refractivity contribution in [3.8, 4) is 0 Å². The molecule has 0 radical (unpaired) electrons. The molecule has 0 aromatic rings. The minimum Gasteiger partial charge on any atom is -0.320 e. The van der Waals surface area contributed by atoms with Gasteiger partial charge in [0.15, 0.2) is 0 Å². The Bertz CT molecular complexity index is 281. The molecular weight excluding hydrogens is 218 g/mol. The smallest absolute Gasteiger partial charge is 0.247 e. The van der Waals surface area contributed by atoms with Crippen molar-refractivity contribution < 1.29 is 9.59 Å². The van der Waals surface area contributed by atoms with Crippen LogP contribution in [0.3, 0.4) is 0 Å². The molecule has 1 heterocycles. The van der Waals surface area contributed by atoms with Crippen molar-refractivity contribution in [2.45, 2.75) is 32.2 Å². The van der Waals surface area contributed by atoms with Crippen molar-refractivity contribution in [2.75, 3.05) is 33.7 Å². The van der Waals surface area contributed by atoms with E-state index in [1.807, 2.05) is 25.9 Å². The van der Waals surface area contributed by atoms with Gasteiger partial charge in [-0.05, 0) is 40.0 Å². The SMILES string of the molecule is CCCN1C(=O)CC(N(C)CCCNC)C1=O. The van der Waals surface area contributed by atoms with E-state index < -0.39 is 0 Å². The zero-order valence-corrected chi connectivity index (χ0v) is 11.0. The summed E-state index contributed by atoms with van der Waals surface area (Å²) in [4.78, 5) is 27.1. The zero-order chi connectivity index (χ0) is 12.8. The minimum absolute atomic E-state index is 0.0243. The first-order valence-corrected chi connectivity index (χ1v) is 6.30. The third-order valence-corrected chi connectivity index (χ3v) is 3.14. The van der Waals surface area contributed by atoms with Gasteiger partial charge in [0.1, 0.15) is 0 Å². The van der Waals surface area contributed by atoms with Gasteiger partial charge >= 0.3 is 0 Å². The number of nitrogens with one attached hydrogen (secondary N) is 1. The maximum atomic E-state index is 12.0. The topological polar surface area (TPSA) is 52.7 Å². The van der Waals surface area contributed by atoms with Crippen LogP contribution in [-0.2, 0) is 9.59 Å². The lowest BCUT2D eigenvalue weighted by atomic mass is 10.2. The summed E-state index contributed by atoms with van der Waals surface area (Å²) in [7, 11) is 3.83. The monoisotopic (exact) mass is 241 g/mol. The van der Waals surface area contributed by atoms with Crippen LogP contribution in [0, 0.1) is 0 Å². The van der Waals surface area contributed by atoms with Gasteiger partial charge in [-0.15, -0.1) is 0 Å². The van der Waals surface area contributed by atoms with Gasteiger partial charge in [-0.1, -0.05) is 6.92 Å². The number of amides is 2. The van der Waals surface area contributed by atoms with Gasteiger partial charge in [-0.2, -0.15) is 0 Å². The van der Waals surface area contributed by atoms with Crippen molar-refractivity contribution in [1.29, 1.82) is 0 Å². The van der Waals surface area contributed by atoms with Crippen LogP contribution in [0.5, 0.6) is 0 Å². The number of carbonyl (C=O) groups is 2. The molecule has 17 heavy (non-hydrogen) atoms. The second kappa shape index (κ2) is 6.71. The number of rotatable bonds is 7. The second-order valence-electron chi connectivity index (χ2n) is 4.54. The molecule has 1 rings (SSSR count). The van der Waals surface area contributed by atoms with E-state index in [2.05, 4.69) is 5.32 Å². The van der Waals surface area contributed by atoms with Crippen molar-refractivity contribution in [2.24, 2.45) is 0 Å². The molecule has 5 nitrogen and oxygen atoms in total. The molecule has 1 atom stereocenters. The second-order valence-corrected chi connectivity index (χ2v) is 4.54. The Hall–Kier alpha value is -0.940. The Kier molecular flexibility index (Phi) is 5.58. The molecule has 0 bridgehead atoms. The minimum atomic E-state index is -0.245. The van der Waals surface area contributed by atoms with Gasteiger partial charge in [0.2, 0.25) is 11.8 Å². The van der Waals surface area contributed by atoms with E-state index in [0.29, 0.717) is 13.0 Å². The normalized spacial score (nSPS) is 20.7. The van der Waals surface area contributed by atoms with Crippen molar-refractivity contribution in [3.63, 3.8) is 0 Å². The standard InChI is InChI=1S/C12H23N3O2/c1-4-7-15-11(16)9-10(12(15)17)14(3)8-5-6-13-2/h10,13H,4-9H2,1-3H3.